The molecule has 1 aliphatic heterocycles. The van der Waals surface area contributed by atoms with Crippen LogP contribution >= 0.6 is 0 Å². The Morgan fingerprint density at radius 1 is 1.05 bits per heavy atom. The molecule has 0 saturated carbocycles. The van der Waals surface area contributed by atoms with Crippen molar-refractivity contribution in [3.8, 4) is 5.75 Å². The average molecular weight is 561 g/mol. The summed E-state index contributed by atoms with van der Waals surface area (Å²) >= 11 is 0. The zero-order valence-corrected chi connectivity index (χ0v) is 23.8. The zero-order chi connectivity index (χ0) is 28.3. The second-order valence-electron chi connectivity index (χ2n) is 9.44. The summed E-state index contributed by atoms with van der Waals surface area (Å²) in [7, 11) is -1.94. The van der Waals surface area contributed by atoms with Gasteiger partial charge in [-0.1, -0.05) is 31.2 Å². The highest BCUT2D eigenvalue weighted by Crippen LogP contribution is 2.17. The van der Waals surface area contributed by atoms with Gasteiger partial charge in [0.25, 0.3) is 0 Å². The standard InChI is InChI=1S/C28H40N4O6S/c1-4-30-39(35,36)26-12-7-23(8-13-26)9-14-27(33)32(21-24-5-10-25(37-3)11-6-24)22(2)28(34)29-15-16-31-17-19-38-20-18-31/h5-8,10-13,22,30H,4,9,14-21H2,1-3H3,(H,29,34)/t22-/m1/s1. The monoisotopic (exact) mass is 560 g/mol. The van der Waals surface area contributed by atoms with Gasteiger partial charge >= 0.3 is 0 Å². The van der Waals surface area contributed by atoms with Gasteiger partial charge in [0.05, 0.1) is 25.2 Å². The van der Waals surface area contributed by atoms with Crippen molar-refractivity contribution in [1.29, 1.82) is 0 Å². The first-order chi connectivity index (χ1) is 18.7. The predicted octanol–water partition coefficient (Wildman–Crippen LogP) is 1.79. The fraction of sp³-hybridized carbons (Fsp3) is 0.500. The molecule has 1 fully saturated rings. The minimum Gasteiger partial charge on any atom is -0.497 e. The van der Waals surface area contributed by atoms with E-state index in [2.05, 4.69) is 14.9 Å². The second kappa shape index (κ2) is 15.0. The van der Waals surface area contributed by atoms with Crippen LogP contribution in [-0.4, -0.2) is 89.1 Å². The van der Waals surface area contributed by atoms with E-state index in [0.29, 0.717) is 38.5 Å². The van der Waals surface area contributed by atoms with Gasteiger partial charge in [0.2, 0.25) is 21.8 Å². The number of amides is 2. The number of sulfonamides is 1. The number of ether oxygens (including phenoxy) is 2. The van der Waals surface area contributed by atoms with E-state index in [9.17, 15) is 18.0 Å². The first kappa shape index (κ1) is 30.6. The highest BCUT2D eigenvalue weighted by Gasteiger charge is 2.26. The van der Waals surface area contributed by atoms with Crippen molar-refractivity contribution < 1.29 is 27.5 Å². The Hall–Kier alpha value is -2.99. The van der Waals surface area contributed by atoms with E-state index in [1.807, 2.05) is 24.3 Å². The molecule has 214 valence electrons. The van der Waals surface area contributed by atoms with Crippen LogP contribution in [0.3, 0.4) is 0 Å². The van der Waals surface area contributed by atoms with E-state index < -0.39 is 16.1 Å². The van der Waals surface area contributed by atoms with Gasteiger partial charge in [0.15, 0.2) is 0 Å². The van der Waals surface area contributed by atoms with Crippen molar-refractivity contribution in [2.24, 2.45) is 0 Å². The summed E-state index contributed by atoms with van der Waals surface area (Å²) in [6, 6.07) is 13.3. The van der Waals surface area contributed by atoms with Gasteiger partial charge < -0.3 is 19.7 Å². The maximum Gasteiger partial charge on any atom is 0.242 e. The topological polar surface area (TPSA) is 117 Å². The summed E-state index contributed by atoms with van der Waals surface area (Å²) in [5, 5.41) is 2.98. The fourth-order valence-electron chi connectivity index (χ4n) is 4.32. The molecule has 1 saturated heterocycles. The molecule has 2 N–H and O–H groups in total. The number of morpholine rings is 1. The van der Waals surface area contributed by atoms with E-state index in [1.165, 1.54) is 12.1 Å². The van der Waals surface area contributed by atoms with Gasteiger partial charge in [-0.2, -0.15) is 0 Å². The number of methoxy groups -OCH3 is 1. The number of nitrogens with zero attached hydrogens (tertiary/aromatic N) is 2. The molecule has 10 nitrogen and oxygen atoms in total. The van der Waals surface area contributed by atoms with E-state index in [4.69, 9.17) is 9.47 Å². The molecule has 0 spiro atoms. The molecule has 39 heavy (non-hydrogen) atoms. The van der Waals surface area contributed by atoms with Crippen LogP contribution in [0.4, 0.5) is 0 Å². The van der Waals surface area contributed by atoms with E-state index in [1.54, 1.807) is 38.0 Å². The Balaban J connectivity index is 1.64. The SMILES string of the molecule is CCNS(=O)(=O)c1ccc(CCC(=O)N(Cc2ccc(OC)cc2)[C@H](C)C(=O)NCCN2CCOCC2)cc1. The third-order valence-corrected chi connectivity index (χ3v) is 8.27. The van der Waals surface area contributed by atoms with Gasteiger partial charge in [-0.05, 0) is 48.7 Å². The Morgan fingerprint density at radius 3 is 2.31 bits per heavy atom. The molecule has 0 radical (unpaired) electrons. The molecule has 1 aliphatic rings. The van der Waals surface area contributed by atoms with Crippen LogP contribution in [-0.2, 0) is 37.3 Å². The van der Waals surface area contributed by atoms with Crippen LogP contribution in [0, 0.1) is 0 Å². The maximum atomic E-state index is 13.4. The van der Waals surface area contributed by atoms with Gasteiger partial charge in [0, 0.05) is 45.7 Å². The molecular formula is C28H40N4O6S. The van der Waals surface area contributed by atoms with Crippen LogP contribution in [0.25, 0.3) is 0 Å². The Morgan fingerprint density at radius 2 is 1.69 bits per heavy atom. The van der Waals surface area contributed by atoms with Crippen molar-refractivity contribution in [1.82, 2.24) is 19.8 Å². The van der Waals surface area contributed by atoms with Crippen LogP contribution < -0.4 is 14.8 Å². The molecule has 2 aromatic rings. The van der Waals surface area contributed by atoms with Crippen LogP contribution in [0.15, 0.2) is 53.4 Å². The number of benzene rings is 2. The Bertz CT molecular complexity index is 1170. The van der Waals surface area contributed by atoms with Crippen LogP contribution in [0.1, 0.15) is 31.4 Å². The van der Waals surface area contributed by atoms with Gasteiger partial charge in [-0.25, -0.2) is 13.1 Å². The predicted molar refractivity (Wildman–Crippen MR) is 149 cm³/mol. The van der Waals surface area contributed by atoms with Gasteiger partial charge in [-0.3, -0.25) is 14.5 Å². The largest absolute Gasteiger partial charge is 0.497 e. The number of hydrogen-bond acceptors (Lipinski definition) is 7. The summed E-state index contributed by atoms with van der Waals surface area (Å²) in [5.41, 5.74) is 1.72. The third-order valence-electron chi connectivity index (χ3n) is 6.71. The van der Waals surface area contributed by atoms with E-state index in [-0.39, 0.29) is 29.7 Å². The molecule has 0 aliphatic carbocycles. The van der Waals surface area contributed by atoms with Crippen LogP contribution in [0.5, 0.6) is 5.75 Å². The minimum atomic E-state index is -3.54. The number of carbonyl (C=O) groups is 2. The van der Waals surface area contributed by atoms with Crippen molar-refractivity contribution >= 4 is 21.8 Å². The molecule has 2 aromatic carbocycles. The minimum absolute atomic E-state index is 0.161. The Kier molecular flexibility index (Phi) is 11.7. The van der Waals surface area contributed by atoms with E-state index >= 15 is 0 Å². The normalized spacial score (nSPS) is 14.9. The van der Waals surface area contributed by atoms with Crippen molar-refractivity contribution in [2.45, 2.75) is 44.2 Å². The molecular weight excluding hydrogens is 520 g/mol. The quantitative estimate of drug-likeness (QED) is 0.362. The molecule has 11 heteroatoms. The maximum absolute atomic E-state index is 13.4. The number of hydrogen-bond donors (Lipinski definition) is 2. The summed E-state index contributed by atoms with van der Waals surface area (Å²) in [6.07, 6.45) is 0.603. The lowest BCUT2D eigenvalue weighted by molar-refractivity contribution is -0.140. The summed E-state index contributed by atoms with van der Waals surface area (Å²) in [4.78, 5) is 30.5. The second-order valence-corrected chi connectivity index (χ2v) is 11.2. The molecule has 0 bridgehead atoms. The Labute approximate surface area is 231 Å². The third kappa shape index (κ3) is 9.31. The number of nitrogens with one attached hydrogen (secondary N) is 2. The molecule has 3 rings (SSSR count). The lowest BCUT2D eigenvalue weighted by Gasteiger charge is -2.30. The van der Waals surface area contributed by atoms with Crippen LogP contribution in [0.2, 0.25) is 0 Å². The number of rotatable bonds is 14. The lowest BCUT2D eigenvalue weighted by atomic mass is 10.1. The molecule has 1 heterocycles. The molecule has 0 aromatic heterocycles. The van der Waals surface area contributed by atoms with E-state index in [0.717, 1.165) is 30.8 Å². The molecule has 0 unspecified atom stereocenters. The zero-order valence-electron chi connectivity index (χ0n) is 23.0. The van der Waals surface area contributed by atoms with Crippen molar-refractivity contribution in [3.63, 3.8) is 0 Å². The molecule has 2 amide bonds. The highest BCUT2D eigenvalue weighted by molar-refractivity contribution is 7.89. The fourth-order valence-corrected chi connectivity index (χ4v) is 5.36. The van der Waals surface area contributed by atoms with Crippen molar-refractivity contribution in [2.75, 3.05) is 53.0 Å². The average Bonchev–Trinajstić information content (AvgIpc) is 2.95. The number of carbonyl (C=O) groups excluding carboxylic acids is 2. The summed E-state index contributed by atoms with van der Waals surface area (Å²) < 4.78 is 37.5. The highest BCUT2D eigenvalue weighted by atomic mass is 32.2. The smallest absolute Gasteiger partial charge is 0.242 e. The van der Waals surface area contributed by atoms with Gasteiger partial charge in [-0.15, -0.1) is 0 Å². The van der Waals surface area contributed by atoms with Gasteiger partial charge in [0.1, 0.15) is 11.8 Å². The first-order valence-electron chi connectivity index (χ1n) is 13.3. The lowest BCUT2D eigenvalue weighted by Crippen LogP contribution is -2.49. The summed E-state index contributed by atoms with van der Waals surface area (Å²) in [5.74, 6) is 0.347. The molecule has 1 atom stereocenters. The first-order valence-corrected chi connectivity index (χ1v) is 14.8. The van der Waals surface area contributed by atoms with Crippen molar-refractivity contribution in [3.05, 3.63) is 59.7 Å². The number of aryl methyl sites for hydroxylation is 1. The summed E-state index contributed by atoms with van der Waals surface area (Å²) in [6.45, 7) is 8.36.